The van der Waals surface area contributed by atoms with Gasteiger partial charge >= 0.3 is 12.0 Å². The van der Waals surface area contributed by atoms with Gasteiger partial charge in [0, 0.05) is 12.3 Å². The third kappa shape index (κ3) is 7.78. The molecule has 0 unspecified atom stereocenters. The van der Waals surface area contributed by atoms with Crippen molar-refractivity contribution in [1.82, 2.24) is 10.4 Å². The Hall–Kier alpha value is -1.89. The number of hydroxylamine groups is 1. The Morgan fingerprint density at radius 2 is 2.00 bits per heavy atom. The van der Waals surface area contributed by atoms with Crippen LogP contribution in [-0.2, 0) is 14.4 Å². The van der Waals surface area contributed by atoms with Gasteiger partial charge in [-0.25, -0.2) is 15.1 Å². The average molecular weight is 313 g/mol. The molecule has 22 heavy (non-hydrogen) atoms. The highest BCUT2D eigenvalue weighted by Crippen LogP contribution is 2.08. The summed E-state index contributed by atoms with van der Waals surface area (Å²) in [7, 11) is 0. The Balaban J connectivity index is 4.76. The van der Waals surface area contributed by atoms with Crippen molar-refractivity contribution in [2.24, 2.45) is 5.92 Å². The van der Waals surface area contributed by atoms with Crippen LogP contribution in [-0.4, -0.2) is 48.4 Å². The molecule has 1 atom stereocenters. The van der Waals surface area contributed by atoms with E-state index in [1.807, 2.05) is 20.8 Å². The number of rotatable bonds is 9. The first-order valence-electron chi connectivity index (χ1n) is 7.35. The largest absolute Gasteiger partial charge is 0.464 e. The second-order valence-electron chi connectivity index (χ2n) is 5.20. The molecule has 126 valence electrons. The minimum Gasteiger partial charge on any atom is -0.464 e. The summed E-state index contributed by atoms with van der Waals surface area (Å²) < 4.78 is 4.70. The highest BCUT2D eigenvalue weighted by atomic mass is 16.7. The topological polar surface area (TPSA) is 91.7 Å². The van der Waals surface area contributed by atoms with Crippen molar-refractivity contribution < 1.29 is 19.2 Å². The number of amides is 2. The van der Waals surface area contributed by atoms with Gasteiger partial charge in [0.15, 0.2) is 6.61 Å². The van der Waals surface area contributed by atoms with Gasteiger partial charge in [0.25, 0.3) is 0 Å². The first kappa shape index (κ1) is 20.1. The van der Waals surface area contributed by atoms with Gasteiger partial charge in [0.1, 0.15) is 0 Å². The van der Waals surface area contributed by atoms with Crippen LogP contribution in [0.25, 0.3) is 0 Å². The van der Waals surface area contributed by atoms with Gasteiger partial charge in [-0.3, -0.25) is 4.84 Å². The molecule has 0 radical (unpaired) electrons. The molecule has 0 aromatic heterocycles. The van der Waals surface area contributed by atoms with E-state index in [-0.39, 0.29) is 19.1 Å². The Labute approximate surface area is 132 Å². The quantitative estimate of drug-likeness (QED) is 0.295. The lowest BCUT2D eigenvalue weighted by Gasteiger charge is -2.30. The van der Waals surface area contributed by atoms with E-state index in [0.29, 0.717) is 12.3 Å². The maximum atomic E-state index is 12.2. The Bertz CT molecular complexity index is 408. The number of hydrogen-bond donors (Lipinski definition) is 2. The molecule has 0 spiro atoms. The fourth-order valence-electron chi connectivity index (χ4n) is 1.80. The van der Waals surface area contributed by atoms with E-state index in [1.165, 1.54) is 4.90 Å². The summed E-state index contributed by atoms with van der Waals surface area (Å²) in [6, 6.07) is -0.939. The van der Waals surface area contributed by atoms with Crippen molar-refractivity contribution >= 4 is 17.7 Å². The maximum Gasteiger partial charge on any atom is 0.342 e. The molecule has 0 saturated carbocycles. The smallest absolute Gasteiger partial charge is 0.342 e. The fourth-order valence-corrected chi connectivity index (χ4v) is 1.80. The third-order valence-corrected chi connectivity index (χ3v) is 2.63. The SMILES string of the molecule is C/C=C/[C@@H](C(C)=N)N(CC(C)C)C(=O)NOCC(=O)OCC. The minimum absolute atomic E-state index is 0.225. The number of nitrogens with one attached hydrogen (secondary N) is 2. The van der Waals surface area contributed by atoms with E-state index in [9.17, 15) is 9.59 Å². The average Bonchev–Trinajstić information content (AvgIpc) is 2.42. The number of urea groups is 1. The Morgan fingerprint density at radius 3 is 2.45 bits per heavy atom. The third-order valence-electron chi connectivity index (χ3n) is 2.63. The highest BCUT2D eigenvalue weighted by Gasteiger charge is 2.24. The normalized spacial score (nSPS) is 12.3. The highest BCUT2D eigenvalue weighted by molar-refractivity contribution is 5.90. The molecule has 0 heterocycles. The summed E-state index contributed by atoms with van der Waals surface area (Å²) in [6.07, 6.45) is 3.57. The van der Waals surface area contributed by atoms with Gasteiger partial charge in [-0.1, -0.05) is 26.0 Å². The van der Waals surface area contributed by atoms with E-state index in [1.54, 1.807) is 26.0 Å². The van der Waals surface area contributed by atoms with Crippen LogP contribution in [0.2, 0.25) is 0 Å². The summed E-state index contributed by atoms with van der Waals surface area (Å²) in [6.45, 7) is 9.48. The van der Waals surface area contributed by atoms with Crippen LogP contribution in [0.5, 0.6) is 0 Å². The number of nitrogens with zero attached hydrogens (tertiary/aromatic N) is 1. The lowest BCUT2D eigenvalue weighted by atomic mass is 10.1. The van der Waals surface area contributed by atoms with Crippen molar-refractivity contribution in [2.45, 2.75) is 40.7 Å². The van der Waals surface area contributed by atoms with Crippen LogP contribution in [0.3, 0.4) is 0 Å². The summed E-state index contributed by atoms with van der Waals surface area (Å²) >= 11 is 0. The second kappa shape index (κ2) is 10.8. The standard InChI is InChI=1S/C15H27N3O4/c1-6-8-13(12(5)16)18(9-11(3)4)15(20)17-22-10-14(19)21-7-2/h6,8,11,13,16H,7,9-10H2,1-5H3,(H,17,20)/b8-6+,16-12?/t13-/m0/s1. The Kier molecular flexibility index (Phi) is 9.86. The van der Waals surface area contributed by atoms with E-state index >= 15 is 0 Å². The number of carbonyl (C=O) groups is 2. The van der Waals surface area contributed by atoms with E-state index in [2.05, 4.69) is 5.48 Å². The lowest BCUT2D eigenvalue weighted by Crippen LogP contribution is -2.49. The lowest BCUT2D eigenvalue weighted by molar-refractivity contribution is -0.150. The molecule has 7 nitrogen and oxygen atoms in total. The van der Waals surface area contributed by atoms with Crippen LogP contribution in [0.1, 0.15) is 34.6 Å². The van der Waals surface area contributed by atoms with Gasteiger partial charge < -0.3 is 15.0 Å². The molecule has 0 aromatic rings. The van der Waals surface area contributed by atoms with Gasteiger partial charge in [0.05, 0.1) is 12.6 Å². The van der Waals surface area contributed by atoms with Crippen LogP contribution < -0.4 is 5.48 Å². The van der Waals surface area contributed by atoms with Crippen molar-refractivity contribution in [3.63, 3.8) is 0 Å². The van der Waals surface area contributed by atoms with Gasteiger partial charge in [0.2, 0.25) is 0 Å². The predicted octanol–water partition coefficient (Wildman–Crippen LogP) is 2.13. The summed E-state index contributed by atoms with van der Waals surface area (Å²) in [5, 5.41) is 7.84. The van der Waals surface area contributed by atoms with Gasteiger partial charge in [-0.15, -0.1) is 0 Å². The zero-order valence-electron chi connectivity index (χ0n) is 14.0. The molecule has 0 fully saturated rings. The van der Waals surface area contributed by atoms with Gasteiger partial charge in [-0.05, 0) is 26.7 Å². The maximum absolute atomic E-state index is 12.2. The molecule has 0 aliphatic heterocycles. The van der Waals surface area contributed by atoms with E-state index < -0.39 is 18.0 Å². The summed E-state index contributed by atoms with van der Waals surface area (Å²) in [5.74, 6) is -0.325. The van der Waals surface area contributed by atoms with Crippen molar-refractivity contribution in [1.29, 1.82) is 5.41 Å². The number of allylic oxidation sites excluding steroid dienone is 1. The zero-order chi connectivity index (χ0) is 17.1. The molecule has 0 aromatic carbocycles. The first-order valence-corrected chi connectivity index (χ1v) is 7.35. The molecule has 2 amide bonds. The summed E-state index contributed by atoms with van der Waals surface area (Å²) in [4.78, 5) is 29.8. The molecule has 0 bridgehead atoms. The molecular weight excluding hydrogens is 286 g/mol. The molecule has 7 heteroatoms. The van der Waals surface area contributed by atoms with Crippen molar-refractivity contribution in [2.75, 3.05) is 19.8 Å². The van der Waals surface area contributed by atoms with Crippen LogP contribution in [0.4, 0.5) is 4.79 Å². The zero-order valence-corrected chi connectivity index (χ0v) is 14.0. The minimum atomic E-state index is -0.550. The molecule has 2 N–H and O–H groups in total. The van der Waals surface area contributed by atoms with Gasteiger partial charge in [-0.2, -0.15) is 0 Å². The molecule has 0 saturated heterocycles. The van der Waals surface area contributed by atoms with Crippen LogP contribution in [0.15, 0.2) is 12.2 Å². The number of ether oxygens (including phenoxy) is 1. The number of hydrogen-bond acceptors (Lipinski definition) is 5. The first-order chi connectivity index (χ1) is 10.3. The molecule has 0 aliphatic carbocycles. The fraction of sp³-hybridized carbons (Fsp3) is 0.667. The van der Waals surface area contributed by atoms with Crippen LogP contribution >= 0.6 is 0 Å². The summed E-state index contributed by atoms with van der Waals surface area (Å²) in [5.41, 5.74) is 2.57. The second-order valence-corrected chi connectivity index (χ2v) is 5.20. The van der Waals surface area contributed by atoms with Crippen LogP contribution in [0, 0.1) is 11.3 Å². The van der Waals surface area contributed by atoms with Crippen molar-refractivity contribution in [3.8, 4) is 0 Å². The number of carbonyl (C=O) groups excluding carboxylic acids is 2. The molecule has 0 aliphatic rings. The van der Waals surface area contributed by atoms with E-state index in [0.717, 1.165) is 0 Å². The number of esters is 1. The monoisotopic (exact) mass is 313 g/mol. The predicted molar refractivity (Wildman–Crippen MR) is 84.7 cm³/mol. The van der Waals surface area contributed by atoms with Crippen molar-refractivity contribution in [3.05, 3.63) is 12.2 Å². The molecule has 0 rings (SSSR count). The molecular formula is C15H27N3O4. The Morgan fingerprint density at radius 1 is 1.36 bits per heavy atom. The van der Waals surface area contributed by atoms with E-state index in [4.69, 9.17) is 15.0 Å².